The summed E-state index contributed by atoms with van der Waals surface area (Å²) in [5.74, 6) is 1.29. The van der Waals surface area contributed by atoms with Crippen LogP contribution in [0.4, 0.5) is 0 Å². The van der Waals surface area contributed by atoms with Crippen molar-refractivity contribution in [1.82, 2.24) is 0 Å². The van der Waals surface area contributed by atoms with Gasteiger partial charge in [-0.2, -0.15) is 0 Å². The quantitative estimate of drug-likeness (QED) is 0.576. The van der Waals surface area contributed by atoms with E-state index in [2.05, 4.69) is 12.2 Å². The lowest BCUT2D eigenvalue weighted by atomic mass is 9.89. The van der Waals surface area contributed by atoms with Gasteiger partial charge >= 0.3 is 0 Å². The van der Waals surface area contributed by atoms with Gasteiger partial charge in [-0.15, -0.1) is 0 Å². The fourth-order valence-electron chi connectivity index (χ4n) is 3.58. The van der Waals surface area contributed by atoms with Gasteiger partial charge in [0.15, 0.2) is 0 Å². The second-order valence-corrected chi connectivity index (χ2v) is 6.37. The van der Waals surface area contributed by atoms with Crippen LogP contribution in [0.5, 0.6) is 0 Å². The van der Waals surface area contributed by atoms with Gasteiger partial charge in [0.25, 0.3) is 0 Å². The molecule has 4 fully saturated rings. The summed E-state index contributed by atoms with van der Waals surface area (Å²) in [5.41, 5.74) is 0. The summed E-state index contributed by atoms with van der Waals surface area (Å²) in [4.78, 5) is 0. The molecule has 4 aliphatic rings. The molecule has 2 aliphatic carbocycles. The SMILES string of the molecule is C(=CC1CCC2OC2C1)OC=CC1CCC2OC2C1. The summed E-state index contributed by atoms with van der Waals surface area (Å²) in [7, 11) is 0. The first kappa shape index (κ1) is 12.0. The van der Waals surface area contributed by atoms with Gasteiger partial charge in [0.1, 0.15) is 0 Å². The van der Waals surface area contributed by atoms with E-state index in [4.69, 9.17) is 14.2 Å². The highest BCUT2D eigenvalue weighted by molar-refractivity contribution is 5.00. The largest absolute Gasteiger partial charge is 0.473 e. The standard InChI is InChI=1S/C16H22O3/c1-3-13-15(18-13)9-11(1)5-7-17-8-6-12-2-4-14-16(10-12)19-14/h5-8,11-16H,1-4,9-10H2. The molecule has 4 rings (SSSR count). The highest BCUT2D eigenvalue weighted by Gasteiger charge is 2.43. The molecular weight excluding hydrogens is 240 g/mol. The van der Waals surface area contributed by atoms with E-state index >= 15 is 0 Å². The van der Waals surface area contributed by atoms with Crippen LogP contribution in [0.3, 0.4) is 0 Å². The minimum absolute atomic E-state index is 0.549. The van der Waals surface area contributed by atoms with Gasteiger partial charge in [-0.3, -0.25) is 0 Å². The zero-order valence-electron chi connectivity index (χ0n) is 11.2. The third-order valence-electron chi connectivity index (χ3n) is 4.95. The Labute approximate surface area is 114 Å². The van der Waals surface area contributed by atoms with Crippen LogP contribution in [0.25, 0.3) is 0 Å². The normalized spacial score (nSPS) is 48.0. The maximum atomic E-state index is 5.53. The maximum Gasteiger partial charge on any atom is 0.0864 e. The fourth-order valence-corrected chi connectivity index (χ4v) is 3.58. The Balaban J connectivity index is 1.17. The molecule has 19 heavy (non-hydrogen) atoms. The van der Waals surface area contributed by atoms with Gasteiger partial charge < -0.3 is 14.2 Å². The van der Waals surface area contributed by atoms with E-state index in [-0.39, 0.29) is 0 Å². The molecule has 2 heterocycles. The predicted molar refractivity (Wildman–Crippen MR) is 71.4 cm³/mol. The Bertz CT molecular complexity index is 353. The van der Waals surface area contributed by atoms with E-state index in [9.17, 15) is 0 Å². The summed E-state index contributed by atoms with van der Waals surface area (Å²) in [6, 6.07) is 0. The third kappa shape index (κ3) is 2.87. The first-order valence-electron chi connectivity index (χ1n) is 7.68. The van der Waals surface area contributed by atoms with Crippen LogP contribution in [0.15, 0.2) is 24.7 Å². The van der Waals surface area contributed by atoms with Crippen molar-refractivity contribution in [2.24, 2.45) is 11.8 Å². The van der Waals surface area contributed by atoms with E-state index in [1.165, 1.54) is 38.5 Å². The summed E-state index contributed by atoms with van der Waals surface area (Å²) in [6.07, 6.45) is 17.7. The summed E-state index contributed by atoms with van der Waals surface area (Å²) in [5, 5.41) is 0. The average molecular weight is 262 g/mol. The minimum Gasteiger partial charge on any atom is -0.473 e. The molecule has 0 amide bonds. The Kier molecular flexibility index (Phi) is 3.12. The van der Waals surface area contributed by atoms with Crippen molar-refractivity contribution in [2.75, 3.05) is 0 Å². The Morgan fingerprint density at radius 2 is 1.21 bits per heavy atom. The van der Waals surface area contributed by atoms with Gasteiger partial charge in [-0.05, 0) is 62.5 Å². The topological polar surface area (TPSA) is 34.3 Å². The van der Waals surface area contributed by atoms with Crippen LogP contribution >= 0.6 is 0 Å². The van der Waals surface area contributed by atoms with Crippen LogP contribution in [0, 0.1) is 11.8 Å². The molecule has 104 valence electrons. The minimum atomic E-state index is 0.549. The molecule has 6 atom stereocenters. The number of rotatable bonds is 4. The number of allylic oxidation sites excluding steroid dienone is 2. The van der Waals surface area contributed by atoms with Crippen molar-refractivity contribution in [2.45, 2.75) is 62.9 Å². The lowest BCUT2D eigenvalue weighted by Crippen LogP contribution is -2.11. The lowest BCUT2D eigenvalue weighted by molar-refractivity contribution is 0.363. The molecule has 3 nitrogen and oxygen atoms in total. The molecule has 2 aliphatic heterocycles. The van der Waals surface area contributed by atoms with E-state index in [0.29, 0.717) is 36.3 Å². The lowest BCUT2D eigenvalue weighted by Gasteiger charge is -2.14. The average Bonchev–Trinajstić information content (AvgIpc) is 3.31. The van der Waals surface area contributed by atoms with Crippen LogP contribution in [0.1, 0.15) is 38.5 Å². The van der Waals surface area contributed by atoms with Crippen LogP contribution in [-0.2, 0) is 14.2 Å². The van der Waals surface area contributed by atoms with Gasteiger partial charge in [-0.25, -0.2) is 0 Å². The molecule has 0 aromatic heterocycles. The molecule has 0 bridgehead atoms. The molecule has 2 saturated heterocycles. The van der Waals surface area contributed by atoms with E-state index in [1.807, 2.05) is 12.5 Å². The molecule has 0 aromatic rings. The van der Waals surface area contributed by atoms with Crippen molar-refractivity contribution in [3.05, 3.63) is 24.7 Å². The van der Waals surface area contributed by atoms with E-state index in [0.717, 1.165) is 0 Å². The van der Waals surface area contributed by atoms with Crippen molar-refractivity contribution >= 4 is 0 Å². The number of epoxide rings is 2. The van der Waals surface area contributed by atoms with Gasteiger partial charge in [0.05, 0.1) is 36.9 Å². The van der Waals surface area contributed by atoms with Crippen molar-refractivity contribution < 1.29 is 14.2 Å². The predicted octanol–water partition coefficient (Wildman–Crippen LogP) is 3.17. The van der Waals surface area contributed by atoms with Crippen molar-refractivity contribution in [3.63, 3.8) is 0 Å². The Hall–Kier alpha value is -0.800. The molecule has 0 radical (unpaired) electrons. The molecule has 3 heteroatoms. The molecule has 0 spiro atoms. The zero-order chi connectivity index (χ0) is 12.7. The molecule has 2 saturated carbocycles. The first-order valence-corrected chi connectivity index (χ1v) is 7.68. The van der Waals surface area contributed by atoms with E-state index < -0.39 is 0 Å². The zero-order valence-corrected chi connectivity index (χ0v) is 11.2. The van der Waals surface area contributed by atoms with Gasteiger partial charge in [-0.1, -0.05) is 0 Å². The molecular formula is C16H22O3. The number of hydrogen-bond acceptors (Lipinski definition) is 3. The summed E-state index contributed by atoms with van der Waals surface area (Å²) < 4.78 is 16.6. The van der Waals surface area contributed by atoms with Crippen molar-refractivity contribution in [1.29, 1.82) is 0 Å². The number of ether oxygens (including phenoxy) is 3. The number of fused-ring (bicyclic) bond motifs is 2. The first-order chi connectivity index (χ1) is 9.38. The molecule has 0 N–H and O–H groups in total. The fraction of sp³-hybridized carbons (Fsp3) is 0.750. The van der Waals surface area contributed by atoms with Crippen LogP contribution < -0.4 is 0 Å². The molecule has 0 aromatic carbocycles. The summed E-state index contributed by atoms with van der Waals surface area (Å²) in [6.45, 7) is 0. The molecule has 6 unspecified atom stereocenters. The maximum absolute atomic E-state index is 5.53. The van der Waals surface area contributed by atoms with E-state index in [1.54, 1.807) is 0 Å². The summed E-state index contributed by atoms with van der Waals surface area (Å²) >= 11 is 0. The van der Waals surface area contributed by atoms with Crippen LogP contribution in [-0.4, -0.2) is 24.4 Å². The Morgan fingerprint density at radius 1 is 0.684 bits per heavy atom. The third-order valence-corrected chi connectivity index (χ3v) is 4.95. The highest BCUT2D eigenvalue weighted by Crippen LogP contribution is 2.40. The second kappa shape index (κ2) is 4.95. The van der Waals surface area contributed by atoms with Crippen LogP contribution in [0.2, 0.25) is 0 Å². The highest BCUT2D eigenvalue weighted by atomic mass is 16.6. The smallest absolute Gasteiger partial charge is 0.0864 e. The van der Waals surface area contributed by atoms with Gasteiger partial charge in [0.2, 0.25) is 0 Å². The van der Waals surface area contributed by atoms with Crippen molar-refractivity contribution in [3.8, 4) is 0 Å². The Morgan fingerprint density at radius 3 is 1.68 bits per heavy atom. The van der Waals surface area contributed by atoms with Gasteiger partial charge in [0, 0.05) is 0 Å². The number of hydrogen-bond donors (Lipinski definition) is 0. The second-order valence-electron chi connectivity index (χ2n) is 6.37. The monoisotopic (exact) mass is 262 g/mol.